The van der Waals surface area contributed by atoms with Crippen LogP contribution in [0, 0.1) is 0 Å². The van der Waals surface area contributed by atoms with Gasteiger partial charge in [-0.2, -0.15) is 0 Å². The Bertz CT molecular complexity index is 3700. The third-order valence-electron chi connectivity index (χ3n) is 16.6. The van der Waals surface area contributed by atoms with Crippen molar-refractivity contribution < 1.29 is 0 Å². The Balaban J connectivity index is 1.02. The van der Waals surface area contributed by atoms with Crippen LogP contribution in [-0.4, -0.2) is 6.04 Å². The van der Waals surface area contributed by atoms with E-state index in [1.165, 1.54) is 107 Å². The quantitative estimate of drug-likeness (QED) is 0.135. The molecular formula is C72H63N3. The van der Waals surface area contributed by atoms with Crippen LogP contribution < -0.4 is 14.7 Å². The first-order chi connectivity index (χ1) is 36.7. The second kappa shape index (κ2) is 18.8. The molecule has 2 aliphatic heterocycles. The molecule has 0 saturated heterocycles. The van der Waals surface area contributed by atoms with Crippen molar-refractivity contribution in [2.75, 3.05) is 14.7 Å². The number of para-hydroxylation sites is 1. The molecule has 3 nitrogen and oxygen atoms in total. The van der Waals surface area contributed by atoms with Crippen molar-refractivity contribution in [3.05, 3.63) is 287 Å². The smallest absolute Gasteiger partial charge is 0.0565 e. The van der Waals surface area contributed by atoms with Crippen LogP contribution in [0.4, 0.5) is 39.8 Å². The summed E-state index contributed by atoms with van der Waals surface area (Å²) in [5, 5.41) is 0. The van der Waals surface area contributed by atoms with Gasteiger partial charge >= 0.3 is 0 Å². The lowest BCUT2D eigenvalue weighted by molar-refractivity contribution is 0.597. The van der Waals surface area contributed by atoms with Gasteiger partial charge in [-0.25, -0.2) is 0 Å². The molecule has 0 N–H and O–H groups in total. The molecule has 75 heavy (non-hydrogen) atoms. The first kappa shape index (κ1) is 46.4. The normalized spacial score (nSPS) is 17.6. The number of benzene rings is 8. The highest BCUT2D eigenvalue weighted by atomic mass is 15.2. The Kier molecular flexibility index (Phi) is 11.6. The zero-order valence-corrected chi connectivity index (χ0v) is 43.5. The maximum absolute atomic E-state index is 2.61. The monoisotopic (exact) mass is 970 g/mol. The number of nitrogens with zero attached hydrogens (tertiary/aromatic N) is 3. The molecule has 0 spiro atoms. The average Bonchev–Trinajstić information content (AvgIpc) is 3.48. The Morgan fingerprint density at radius 1 is 0.467 bits per heavy atom. The highest BCUT2D eigenvalue weighted by molar-refractivity contribution is 5.95. The first-order valence-electron chi connectivity index (χ1n) is 27.0. The number of anilines is 7. The molecular weight excluding hydrogens is 907 g/mol. The molecule has 8 aromatic carbocycles. The summed E-state index contributed by atoms with van der Waals surface area (Å²) in [4.78, 5) is 7.77. The predicted octanol–water partition coefficient (Wildman–Crippen LogP) is 19.3. The predicted molar refractivity (Wildman–Crippen MR) is 317 cm³/mol. The van der Waals surface area contributed by atoms with Crippen LogP contribution in [0.1, 0.15) is 87.6 Å². The highest BCUT2D eigenvalue weighted by Crippen LogP contribution is 2.62. The lowest BCUT2D eigenvalue weighted by Gasteiger charge is -2.50. The van der Waals surface area contributed by atoms with Gasteiger partial charge in [0.2, 0.25) is 0 Å². The summed E-state index contributed by atoms with van der Waals surface area (Å²) in [6.45, 7) is 9.82. The van der Waals surface area contributed by atoms with E-state index in [-0.39, 0.29) is 11.5 Å². The van der Waals surface area contributed by atoms with Crippen LogP contribution in [0.5, 0.6) is 0 Å². The van der Waals surface area contributed by atoms with Crippen molar-refractivity contribution in [3.63, 3.8) is 0 Å². The van der Waals surface area contributed by atoms with Crippen molar-refractivity contribution in [2.45, 2.75) is 76.7 Å². The van der Waals surface area contributed by atoms with Gasteiger partial charge in [0.15, 0.2) is 0 Å². The fourth-order valence-electron chi connectivity index (χ4n) is 12.7. The Morgan fingerprint density at radius 2 is 1.04 bits per heavy atom. The van der Waals surface area contributed by atoms with Crippen molar-refractivity contribution in [2.24, 2.45) is 0 Å². The summed E-state index contributed by atoms with van der Waals surface area (Å²) in [6.07, 6.45) is 24.1. The van der Waals surface area contributed by atoms with Gasteiger partial charge in [0.25, 0.3) is 0 Å². The van der Waals surface area contributed by atoms with Gasteiger partial charge < -0.3 is 14.7 Å². The van der Waals surface area contributed by atoms with Crippen LogP contribution in [0.2, 0.25) is 0 Å². The molecule has 0 saturated carbocycles. The molecule has 0 fully saturated rings. The fraction of sp³-hybridized carbons (Fsp3) is 0.167. The molecule has 3 aliphatic carbocycles. The zero-order valence-electron chi connectivity index (χ0n) is 43.5. The maximum atomic E-state index is 2.61. The minimum absolute atomic E-state index is 0.0744. The molecule has 3 heteroatoms. The van der Waals surface area contributed by atoms with Gasteiger partial charge in [-0.1, -0.05) is 204 Å². The van der Waals surface area contributed by atoms with Gasteiger partial charge in [-0.15, -0.1) is 0 Å². The standard InChI is InChI=1S/C72H63N3/c1-71(2)64-39-17-18-40-68(64)75-69-42-41-62(73(58-35-19-31-54(43-58)50-23-9-5-10-24-50)59-36-20-32-55(44-59)51-25-11-6-12-26-51)47-65(69)72(3,4)67-49-63(48-66(71)70(67)75)74(60-37-21-33-56(45-60)52-27-13-7-14-28-52)61-38-22-34-57(46-61)53-29-15-8-16-30-53/h5-15,17-21,23-29,31-33,35,37-49,59H,16,22,30,34,36H2,1-4H3. The van der Waals surface area contributed by atoms with Crippen molar-refractivity contribution >= 4 is 45.4 Å². The molecule has 0 aromatic heterocycles. The van der Waals surface area contributed by atoms with Crippen LogP contribution in [0.25, 0.3) is 27.8 Å². The average molecular weight is 970 g/mol. The lowest BCUT2D eigenvalue weighted by atomic mass is 9.66. The number of hydrogen-bond donors (Lipinski definition) is 0. The maximum Gasteiger partial charge on any atom is 0.0565 e. The number of allylic oxidation sites excluding steroid dienone is 9. The van der Waals surface area contributed by atoms with E-state index in [0.717, 1.165) is 37.8 Å². The Labute approximate surface area is 444 Å². The molecule has 0 bridgehead atoms. The molecule has 366 valence electrons. The van der Waals surface area contributed by atoms with E-state index in [4.69, 9.17) is 0 Å². The summed E-state index contributed by atoms with van der Waals surface area (Å²) >= 11 is 0. The Morgan fingerprint density at radius 3 is 1.73 bits per heavy atom. The van der Waals surface area contributed by atoms with Gasteiger partial charge in [-0.05, 0) is 166 Å². The number of rotatable bonds is 10. The second-order valence-corrected chi connectivity index (χ2v) is 21.9. The van der Waals surface area contributed by atoms with E-state index in [1.807, 2.05) is 0 Å². The summed E-state index contributed by atoms with van der Waals surface area (Å²) in [5.41, 5.74) is 24.5. The third-order valence-corrected chi connectivity index (χ3v) is 16.6. The summed E-state index contributed by atoms with van der Waals surface area (Å²) in [5.74, 6) is 0. The lowest BCUT2D eigenvalue weighted by Crippen LogP contribution is -2.39. The van der Waals surface area contributed by atoms with Crippen LogP contribution in [0.15, 0.2) is 260 Å². The summed E-state index contributed by atoms with van der Waals surface area (Å²) in [6, 6.07) is 72.4. The van der Waals surface area contributed by atoms with Crippen LogP contribution in [0.3, 0.4) is 0 Å². The zero-order chi connectivity index (χ0) is 50.7. The molecule has 8 aromatic rings. The highest BCUT2D eigenvalue weighted by Gasteiger charge is 2.46. The number of fused-ring (bicyclic) bond motifs is 4. The van der Waals surface area contributed by atoms with Gasteiger partial charge in [0.1, 0.15) is 0 Å². The summed E-state index contributed by atoms with van der Waals surface area (Å²) in [7, 11) is 0. The van der Waals surface area contributed by atoms with E-state index >= 15 is 0 Å². The molecule has 0 radical (unpaired) electrons. The minimum Gasteiger partial charge on any atom is -0.334 e. The SMILES string of the molecule is CC1(C)c2ccccc2N2c3ccc(N(c4cccc(-c5ccccc5)c4)C4C=C(c5ccccc5)C=CC4)cc3C(C)(C)c3cc(N(C4=CCCC(C5=CC=CCC5)=C4)c4cccc(-c5ccccc5)c4)cc1c32. The van der Waals surface area contributed by atoms with E-state index in [1.54, 1.807) is 0 Å². The summed E-state index contributed by atoms with van der Waals surface area (Å²) < 4.78 is 0. The third kappa shape index (κ3) is 8.23. The van der Waals surface area contributed by atoms with E-state index in [9.17, 15) is 0 Å². The van der Waals surface area contributed by atoms with E-state index in [0.29, 0.717) is 0 Å². The molecule has 13 rings (SSSR count). The molecule has 1 unspecified atom stereocenters. The minimum atomic E-state index is -0.405. The molecule has 2 heterocycles. The topological polar surface area (TPSA) is 9.72 Å². The first-order valence-corrected chi connectivity index (χ1v) is 27.0. The molecule has 5 aliphatic rings. The van der Waals surface area contributed by atoms with Crippen molar-refractivity contribution in [3.8, 4) is 22.3 Å². The number of hydrogen-bond acceptors (Lipinski definition) is 3. The molecule has 1 atom stereocenters. The largest absolute Gasteiger partial charge is 0.334 e. The molecule has 0 amide bonds. The fourth-order valence-corrected chi connectivity index (χ4v) is 12.7. The second-order valence-electron chi connectivity index (χ2n) is 21.9. The van der Waals surface area contributed by atoms with Gasteiger partial charge in [0, 0.05) is 39.3 Å². The van der Waals surface area contributed by atoms with Crippen molar-refractivity contribution in [1.29, 1.82) is 0 Å². The van der Waals surface area contributed by atoms with Gasteiger partial charge in [0.05, 0.1) is 23.1 Å². The van der Waals surface area contributed by atoms with E-state index < -0.39 is 5.41 Å². The van der Waals surface area contributed by atoms with Crippen LogP contribution in [-0.2, 0) is 10.8 Å². The van der Waals surface area contributed by atoms with E-state index in [2.05, 4.69) is 285 Å². The van der Waals surface area contributed by atoms with Crippen LogP contribution >= 0.6 is 0 Å². The Hall–Kier alpha value is -8.40. The van der Waals surface area contributed by atoms with Crippen molar-refractivity contribution in [1.82, 2.24) is 0 Å². The van der Waals surface area contributed by atoms with Gasteiger partial charge in [-0.3, -0.25) is 0 Å².